The van der Waals surface area contributed by atoms with Gasteiger partial charge in [0, 0.05) is 10.0 Å². The number of halogens is 1. The van der Waals surface area contributed by atoms with Crippen molar-refractivity contribution in [3.8, 4) is 0 Å². The molecule has 2 aromatic carbocycles. The molecule has 0 radical (unpaired) electrons. The first-order valence-electron chi connectivity index (χ1n) is 5.85. The van der Waals surface area contributed by atoms with E-state index in [4.69, 9.17) is 0 Å². The molecular formula is C14H13BrN2O2S. The standard InChI is InChI=1S/C14H13BrN2O2S/c1-11-6-8-13(9-7-11)20(18,19)17-16-10-12-4-2-3-5-14(12)15/h2-10,17H,1H3. The van der Waals surface area contributed by atoms with Crippen molar-refractivity contribution in [3.63, 3.8) is 0 Å². The number of nitrogens with zero attached hydrogens (tertiary/aromatic N) is 1. The monoisotopic (exact) mass is 352 g/mol. The molecule has 0 aromatic heterocycles. The highest BCUT2D eigenvalue weighted by molar-refractivity contribution is 9.10. The lowest BCUT2D eigenvalue weighted by molar-refractivity contribution is 0.584. The van der Waals surface area contributed by atoms with E-state index in [-0.39, 0.29) is 4.90 Å². The Morgan fingerprint density at radius 1 is 1.10 bits per heavy atom. The summed E-state index contributed by atoms with van der Waals surface area (Å²) < 4.78 is 24.8. The Bertz CT molecular complexity index is 725. The van der Waals surface area contributed by atoms with Crippen LogP contribution in [0.2, 0.25) is 0 Å². The smallest absolute Gasteiger partial charge is 0.200 e. The second kappa shape index (κ2) is 6.19. The normalized spacial score (nSPS) is 11.7. The SMILES string of the molecule is Cc1ccc(S(=O)(=O)NN=Cc2ccccc2Br)cc1. The van der Waals surface area contributed by atoms with Crippen LogP contribution < -0.4 is 4.83 Å². The van der Waals surface area contributed by atoms with E-state index in [1.54, 1.807) is 24.3 Å². The van der Waals surface area contributed by atoms with Crippen LogP contribution in [0.25, 0.3) is 0 Å². The molecule has 0 saturated carbocycles. The summed E-state index contributed by atoms with van der Waals surface area (Å²) in [6.07, 6.45) is 1.45. The molecule has 4 nitrogen and oxygen atoms in total. The van der Waals surface area contributed by atoms with E-state index in [0.29, 0.717) is 0 Å². The number of aryl methyl sites for hydroxylation is 1. The van der Waals surface area contributed by atoms with Gasteiger partial charge in [0.25, 0.3) is 10.0 Å². The van der Waals surface area contributed by atoms with Gasteiger partial charge in [-0.05, 0) is 25.1 Å². The molecule has 6 heteroatoms. The first-order valence-corrected chi connectivity index (χ1v) is 8.13. The van der Waals surface area contributed by atoms with Crippen molar-refractivity contribution in [1.29, 1.82) is 0 Å². The number of sulfonamides is 1. The highest BCUT2D eigenvalue weighted by atomic mass is 79.9. The summed E-state index contributed by atoms with van der Waals surface area (Å²) in [5.74, 6) is 0. The molecule has 20 heavy (non-hydrogen) atoms. The van der Waals surface area contributed by atoms with Gasteiger partial charge in [-0.25, -0.2) is 4.83 Å². The van der Waals surface area contributed by atoms with Crippen LogP contribution in [0.1, 0.15) is 11.1 Å². The van der Waals surface area contributed by atoms with Crippen LogP contribution in [-0.4, -0.2) is 14.6 Å². The van der Waals surface area contributed by atoms with Crippen molar-refractivity contribution in [3.05, 3.63) is 64.1 Å². The maximum Gasteiger partial charge on any atom is 0.276 e. The lowest BCUT2D eigenvalue weighted by atomic mass is 10.2. The summed E-state index contributed by atoms with van der Waals surface area (Å²) in [6, 6.07) is 14.0. The van der Waals surface area contributed by atoms with E-state index in [9.17, 15) is 8.42 Å². The molecule has 0 fully saturated rings. The van der Waals surface area contributed by atoms with Crippen molar-refractivity contribution >= 4 is 32.2 Å². The second-order valence-electron chi connectivity index (χ2n) is 4.19. The highest BCUT2D eigenvalue weighted by Crippen LogP contribution is 2.13. The summed E-state index contributed by atoms with van der Waals surface area (Å²) >= 11 is 3.36. The van der Waals surface area contributed by atoms with E-state index < -0.39 is 10.0 Å². The lowest BCUT2D eigenvalue weighted by Crippen LogP contribution is -2.18. The molecule has 2 aromatic rings. The quantitative estimate of drug-likeness (QED) is 0.678. The third-order valence-electron chi connectivity index (χ3n) is 2.61. The van der Waals surface area contributed by atoms with Gasteiger partial charge in [-0.3, -0.25) is 0 Å². The zero-order valence-corrected chi connectivity index (χ0v) is 13.1. The van der Waals surface area contributed by atoms with Gasteiger partial charge in [0.05, 0.1) is 11.1 Å². The average Bonchev–Trinajstić information content (AvgIpc) is 2.41. The highest BCUT2D eigenvalue weighted by Gasteiger charge is 2.11. The number of nitrogens with one attached hydrogen (secondary N) is 1. The molecule has 0 heterocycles. The maximum atomic E-state index is 12.0. The van der Waals surface area contributed by atoms with Gasteiger partial charge in [-0.15, -0.1) is 0 Å². The number of hydrogen-bond donors (Lipinski definition) is 1. The minimum atomic E-state index is -3.62. The molecule has 0 bridgehead atoms. The zero-order valence-electron chi connectivity index (χ0n) is 10.7. The van der Waals surface area contributed by atoms with Crippen LogP contribution in [0.15, 0.2) is 63.0 Å². The third kappa shape index (κ3) is 3.68. The van der Waals surface area contributed by atoms with Crippen LogP contribution >= 0.6 is 15.9 Å². The largest absolute Gasteiger partial charge is 0.276 e. The number of benzene rings is 2. The van der Waals surface area contributed by atoms with Gasteiger partial charge in [-0.2, -0.15) is 13.5 Å². The van der Waals surface area contributed by atoms with Crippen molar-refractivity contribution in [2.24, 2.45) is 5.10 Å². The van der Waals surface area contributed by atoms with Crippen LogP contribution in [0.3, 0.4) is 0 Å². The molecular weight excluding hydrogens is 340 g/mol. The minimum Gasteiger partial charge on any atom is -0.200 e. The molecule has 0 aliphatic carbocycles. The molecule has 2 rings (SSSR count). The topological polar surface area (TPSA) is 58.5 Å². The second-order valence-corrected chi connectivity index (χ2v) is 6.70. The molecule has 0 unspecified atom stereocenters. The van der Waals surface area contributed by atoms with Crippen LogP contribution in [-0.2, 0) is 10.0 Å². The van der Waals surface area contributed by atoms with E-state index in [1.165, 1.54) is 6.21 Å². The van der Waals surface area contributed by atoms with Crippen molar-refractivity contribution in [2.45, 2.75) is 11.8 Å². The Balaban J connectivity index is 2.14. The molecule has 0 aliphatic heterocycles. The van der Waals surface area contributed by atoms with Gasteiger partial charge in [0.15, 0.2) is 0 Å². The zero-order chi connectivity index (χ0) is 14.6. The molecule has 0 aliphatic rings. The summed E-state index contributed by atoms with van der Waals surface area (Å²) in [7, 11) is -3.62. The fraction of sp³-hybridized carbons (Fsp3) is 0.0714. The van der Waals surface area contributed by atoms with Crippen molar-refractivity contribution in [1.82, 2.24) is 4.83 Å². The Morgan fingerprint density at radius 3 is 2.40 bits per heavy atom. The van der Waals surface area contributed by atoms with Gasteiger partial charge < -0.3 is 0 Å². The van der Waals surface area contributed by atoms with E-state index in [1.807, 2.05) is 31.2 Å². The van der Waals surface area contributed by atoms with Gasteiger partial charge in [-0.1, -0.05) is 51.8 Å². The summed E-state index contributed by atoms with van der Waals surface area (Å²) in [4.78, 5) is 2.38. The van der Waals surface area contributed by atoms with Gasteiger partial charge in [0.1, 0.15) is 0 Å². The molecule has 0 amide bonds. The fourth-order valence-corrected chi connectivity index (χ4v) is 2.69. The van der Waals surface area contributed by atoms with Crippen LogP contribution in [0.5, 0.6) is 0 Å². The maximum absolute atomic E-state index is 12.0. The molecule has 1 N–H and O–H groups in total. The number of rotatable bonds is 4. The number of hydrazone groups is 1. The number of hydrogen-bond acceptors (Lipinski definition) is 3. The molecule has 0 saturated heterocycles. The first kappa shape index (κ1) is 14.7. The van der Waals surface area contributed by atoms with Crippen LogP contribution in [0, 0.1) is 6.92 Å². The lowest BCUT2D eigenvalue weighted by Gasteiger charge is -2.03. The van der Waals surface area contributed by atoms with E-state index in [0.717, 1.165) is 15.6 Å². The molecule has 0 spiro atoms. The first-order chi connectivity index (χ1) is 9.49. The van der Waals surface area contributed by atoms with Gasteiger partial charge in [0.2, 0.25) is 0 Å². The summed E-state index contributed by atoms with van der Waals surface area (Å²) in [6.45, 7) is 1.90. The Hall–Kier alpha value is -1.66. The third-order valence-corrected chi connectivity index (χ3v) is 4.57. The Morgan fingerprint density at radius 2 is 1.75 bits per heavy atom. The molecule has 104 valence electrons. The summed E-state index contributed by atoms with van der Waals surface area (Å²) in [5.41, 5.74) is 1.79. The van der Waals surface area contributed by atoms with E-state index in [2.05, 4.69) is 25.9 Å². The average molecular weight is 353 g/mol. The van der Waals surface area contributed by atoms with Gasteiger partial charge >= 0.3 is 0 Å². The fourth-order valence-electron chi connectivity index (χ4n) is 1.52. The van der Waals surface area contributed by atoms with E-state index >= 15 is 0 Å². The Labute approximate surface area is 126 Å². The molecule has 0 atom stereocenters. The Kier molecular flexibility index (Phi) is 4.57. The van der Waals surface area contributed by atoms with Crippen molar-refractivity contribution < 1.29 is 8.42 Å². The minimum absolute atomic E-state index is 0.187. The summed E-state index contributed by atoms with van der Waals surface area (Å²) in [5, 5.41) is 3.78. The van der Waals surface area contributed by atoms with Crippen molar-refractivity contribution in [2.75, 3.05) is 0 Å². The predicted molar refractivity (Wildman–Crippen MR) is 83.2 cm³/mol. The van der Waals surface area contributed by atoms with Crippen LogP contribution in [0.4, 0.5) is 0 Å². The predicted octanol–water partition coefficient (Wildman–Crippen LogP) is 3.07.